The number of hydrogen-bond donors (Lipinski definition) is 0. The Kier molecular flexibility index (Phi) is 2.42. The van der Waals surface area contributed by atoms with Gasteiger partial charge in [-0.25, -0.2) is 0 Å². The van der Waals surface area contributed by atoms with E-state index >= 15 is 0 Å². The number of aromatic nitrogens is 1. The molecule has 1 aromatic carbocycles. The van der Waals surface area contributed by atoms with Gasteiger partial charge in [0.1, 0.15) is 0 Å². The number of rotatable bonds is 2. The fourth-order valence-corrected chi connectivity index (χ4v) is 2.38. The van der Waals surface area contributed by atoms with Crippen molar-refractivity contribution >= 4 is 33.1 Å². The zero-order valence-electron chi connectivity index (χ0n) is 7.83. The maximum atomic E-state index is 10.9. The van der Waals surface area contributed by atoms with Crippen molar-refractivity contribution in [3.63, 3.8) is 0 Å². The van der Waals surface area contributed by atoms with Crippen molar-refractivity contribution < 1.29 is 4.79 Å². The van der Waals surface area contributed by atoms with Gasteiger partial charge in [0.05, 0.1) is 10.2 Å². The summed E-state index contributed by atoms with van der Waals surface area (Å²) in [6.45, 7) is 2.84. The largest absolute Gasteiger partial charge is 0.338 e. The SMILES string of the molecule is CCn1c(C=O)c(Br)c2ccccc21. The lowest BCUT2D eigenvalue weighted by molar-refractivity contribution is 0.111. The van der Waals surface area contributed by atoms with E-state index in [2.05, 4.69) is 15.9 Å². The lowest BCUT2D eigenvalue weighted by Crippen LogP contribution is -1.98. The minimum Gasteiger partial charge on any atom is -0.338 e. The van der Waals surface area contributed by atoms with E-state index in [-0.39, 0.29) is 0 Å². The average molecular weight is 252 g/mol. The maximum Gasteiger partial charge on any atom is 0.167 e. The van der Waals surface area contributed by atoms with E-state index in [1.165, 1.54) is 0 Å². The summed E-state index contributed by atoms with van der Waals surface area (Å²) < 4.78 is 2.90. The Morgan fingerprint density at radius 1 is 1.43 bits per heavy atom. The fourth-order valence-electron chi connectivity index (χ4n) is 1.74. The minimum absolute atomic E-state index is 0.716. The third kappa shape index (κ3) is 1.20. The molecule has 0 spiro atoms. The molecule has 2 rings (SSSR count). The van der Waals surface area contributed by atoms with Crippen molar-refractivity contribution in [3.8, 4) is 0 Å². The van der Waals surface area contributed by atoms with E-state index in [0.717, 1.165) is 28.2 Å². The first kappa shape index (κ1) is 9.46. The summed E-state index contributed by atoms with van der Waals surface area (Å²) in [5.74, 6) is 0. The molecule has 0 aliphatic heterocycles. The van der Waals surface area contributed by atoms with Crippen molar-refractivity contribution in [2.45, 2.75) is 13.5 Å². The molecule has 0 N–H and O–H groups in total. The molecule has 2 nitrogen and oxygen atoms in total. The summed E-state index contributed by atoms with van der Waals surface area (Å²) in [5, 5.41) is 1.09. The van der Waals surface area contributed by atoms with Crippen LogP contribution < -0.4 is 0 Å². The van der Waals surface area contributed by atoms with E-state index in [4.69, 9.17) is 0 Å². The number of para-hydroxylation sites is 1. The van der Waals surface area contributed by atoms with Gasteiger partial charge in [0.2, 0.25) is 0 Å². The monoisotopic (exact) mass is 251 g/mol. The predicted octanol–water partition coefficient (Wildman–Crippen LogP) is 3.24. The lowest BCUT2D eigenvalue weighted by Gasteiger charge is -2.01. The minimum atomic E-state index is 0.716. The molecule has 0 amide bonds. The average Bonchev–Trinajstić information content (AvgIpc) is 2.51. The molecular formula is C11H10BrNO. The summed E-state index contributed by atoms with van der Waals surface area (Å²) in [4.78, 5) is 10.9. The normalized spacial score (nSPS) is 10.7. The number of carbonyl (C=O) groups excluding carboxylic acids is 1. The summed E-state index contributed by atoms with van der Waals surface area (Å²) in [6, 6.07) is 7.99. The van der Waals surface area contributed by atoms with Gasteiger partial charge in [0, 0.05) is 17.4 Å². The van der Waals surface area contributed by atoms with Crippen molar-refractivity contribution in [2.24, 2.45) is 0 Å². The number of aryl methyl sites for hydroxylation is 1. The smallest absolute Gasteiger partial charge is 0.167 e. The van der Waals surface area contributed by atoms with Crippen LogP contribution in [0.5, 0.6) is 0 Å². The van der Waals surface area contributed by atoms with Crippen LogP contribution in [0.3, 0.4) is 0 Å². The van der Waals surface area contributed by atoms with Gasteiger partial charge < -0.3 is 4.57 Å². The second kappa shape index (κ2) is 3.58. The molecule has 14 heavy (non-hydrogen) atoms. The molecule has 0 bridgehead atoms. The van der Waals surface area contributed by atoms with Crippen molar-refractivity contribution in [1.82, 2.24) is 4.57 Å². The third-order valence-electron chi connectivity index (χ3n) is 2.37. The Balaban J connectivity index is 2.91. The molecule has 1 aromatic heterocycles. The number of benzene rings is 1. The molecule has 0 radical (unpaired) electrons. The summed E-state index contributed by atoms with van der Waals surface area (Å²) in [6.07, 6.45) is 0.896. The molecule has 0 unspecified atom stereocenters. The lowest BCUT2D eigenvalue weighted by atomic mass is 10.2. The number of halogens is 1. The topological polar surface area (TPSA) is 22.0 Å². The quantitative estimate of drug-likeness (QED) is 0.752. The van der Waals surface area contributed by atoms with Crippen molar-refractivity contribution in [3.05, 3.63) is 34.4 Å². The van der Waals surface area contributed by atoms with Crippen LogP contribution in [0, 0.1) is 0 Å². The first-order valence-electron chi connectivity index (χ1n) is 4.51. The fraction of sp³-hybridized carbons (Fsp3) is 0.182. The van der Waals surface area contributed by atoms with Gasteiger partial charge in [-0.1, -0.05) is 18.2 Å². The van der Waals surface area contributed by atoms with Crippen LogP contribution in [-0.4, -0.2) is 10.9 Å². The molecule has 0 aliphatic rings. The first-order valence-corrected chi connectivity index (χ1v) is 5.30. The van der Waals surface area contributed by atoms with Gasteiger partial charge in [0.15, 0.2) is 6.29 Å². The molecular weight excluding hydrogens is 242 g/mol. The third-order valence-corrected chi connectivity index (χ3v) is 3.21. The van der Waals surface area contributed by atoms with Crippen LogP contribution in [0.4, 0.5) is 0 Å². The van der Waals surface area contributed by atoms with Gasteiger partial charge in [-0.15, -0.1) is 0 Å². The summed E-state index contributed by atoms with van der Waals surface area (Å²) in [7, 11) is 0. The Hall–Kier alpha value is -1.09. The summed E-state index contributed by atoms with van der Waals surface area (Å²) >= 11 is 3.45. The summed E-state index contributed by atoms with van der Waals surface area (Å²) in [5.41, 5.74) is 1.82. The molecule has 1 heterocycles. The molecule has 0 atom stereocenters. The standard InChI is InChI=1S/C11H10BrNO/c1-2-13-9-6-4-3-5-8(9)11(12)10(13)7-14/h3-7H,2H2,1H3. The Morgan fingerprint density at radius 2 is 2.14 bits per heavy atom. The molecule has 2 aromatic rings. The van der Waals surface area contributed by atoms with Gasteiger partial charge in [-0.3, -0.25) is 4.79 Å². The van der Waals surface area contributed by atoms with Crippen LogP contribution in [0.1, 0.15) is 17.4 Å². The Bertz CT molecular complexity index is 487. The number of carbonyl (C=O) groups is 1. The molecule has 0 saturated carbocycles. The number of hydrogen-bond acceptors (Lipinski definition) is 1. The maximum absolute atomic E-state index is 10.9. The van der Waals surface area contributed by atoms with Crippen LogP contribution in [0.25, 0.3) is 10.9 Å². The highest BCUT2D eigenvalue weighted by Gasteiger charge is 2.12. The van der Waals surface area contributed by atoms with Crippen LogP contribution >= 0.6 is 15.9 Å². The van der Waals surface area contributed by atoms with Gasteiger partial charge in [-0.05, 0) is 28.9 Å². The number of fused-ring (bicyclic) bond motifs is 1. The van der Waals surface area contributed by atoms with Crippen molar-refractivity contribution in [2.75, 3.05) is 0 Å². The van der Waals surface area contributed by atoms with E-state index in [0.29, 0.717) is 5.69 Å². The van der Waals surface area contributed by atoms with E-state index < -0.39 is 0 Å². The van der Waals surface area contributed by atoms with E-state index in [1.807, 2.05) is 35.8 Å². The van der Waals surface area contributed by atoms with E-state index in [9.17, 15) is 4.79 Å². The second-order valence-electron chi connectivity index (χ2n) is 3.08. The molecule has 0 saturated heterocycles. The first-order chi connectivity index (χ1) is 6.79. The highest BCUT2D eigenvalue weighted by Crippen LogP contribution is 2.29. The Morgan fingerprint density at radius 3 is 2.79 bits per heavy atom. The van der Waals surface area contributed by atoms with Gasteiger partial charge >= 0.3 is 0 Å². The highest BCUT2D eigenvalue weighted by molar-refractivity contribution is 9.10. The van der Waals surface area contributed by atoms with Crippen LogP contribution in [0.2, 0.25) is 0 Å². The highest BCUT2D eigenvalue weighted by atomic mass is 79.9. The van der Waals surface area contributed by atoms with Gasteiger partial charge in [-0.2, -0.15) is 0 Å². The number of aldehydes is 1. The van der Waals surface area contributed by atoms with Gasteiger partial charge in [0.25, 0.3) is 0 Å². The second-order valence-corrected chi connectivity index (χ2v) is 3.87. The zero-order chi connectivity index (χ0) is 10.1. The predicted molar refractivity (Wildman–Crippen MR) is 60.7 cm³/mol. The van der Waals surface area contributed by atoms with Crippen molar-refractivity contribution in [1.29, 1.82) is 0 Å². The number of nitrogens with zero attached hydrogens (tertiary/aromatic N) is 1. The molecule has 0 fully saturated rings. The molecule has 72 valence electrons. The Labute approximate surface area is 90.7 Å². The van der Waals surface area contributed by atoms with Crippen LogP contribution in [0.15, 0.2) is 28.7 Å². The molecule has 3 heteroatoms. The zero-order valence-corrected chi connectivity index (χ0v) is 9.41. The van der Waals surface area contributed by atoms with E-state index in [1.54, 1.807) is 0 Å². The van der Waals surface area contributed by atoms with Crippen LogP contribution in [-0.2, 0) is 6.54 Å². The molecule has 0 aliphatic carbocycles.